The molecule has 112 valence electrons. The molecule has 1 aromatic heterocycles. The van der Waals surface area contributed by atoms with Gasteiger partial charge in [-0.1, -0.05) is 23.7 Å². The monoisotopic (exact) mass is 316 g/mol. The molecule has 1 heterocycles. The van der Waals surface area contributed by atoms with Gasteiger partial charge in [0.05, 0.1) is 5.56 Å². The molecule has 2 rings (SSSR count). The minimum Gasteiger partial charge on any atom is -0.366 e. The van der Waals surface area contributed by atoms with Crippen LogP contribution in [-0.2, 0) is 12.7 Å². The van der Waals surface area contributed by atoms with Crippen LogP contribution < -0.4 is 16.6 Å². The van der Waals surface area contributed by atoms with E-state index >= 15 is 0 Å². The Bertz CT molecular complexity index is 614. The third-order valence-corrected chi connectivity index (χ3v) is 2.94. The van der Waals surface area contributed by atoms with Crippen molar-refractivity contribution in [1.29, 1.82) is 0 Å². The van der Waals surface area contributed by atoms with Gasteiger partial charge in [-0.15, -0.1) is 0 Å². The smallest absolute Gasteiger partial charge is 0.366 e. The first-order chi connectivity index (χ1) is 9.88. The molecule has 1 aromatic carbocycles. The quantitative estimate of drug-likeness (QED) is 0.595. The van der Waals surface area contributed by atoms with Gasteiger partial charge in [-0.05, 0) is 29.8 Å². The second-order valence-electron chi connectivity index (χ2n) is 4.25. The van der Waals surface area contributed by atoms with Gasteiger partial charge < -0.3 is 10.7 Å². The highest BCUT2D eigenvalue weighted by atomic mass is 35.5. The Morgan fingerprint density at radius 1 is 1.10 bits per heavy atom. The molecule has 0 aliphatic carbocycles. The van der Waals surface area contributed by atoms with Crippen molar-refractivity contribution in [2.24, 2.45) is 5.84 Å². The zero-order chi connectivity index (χ0) is 15.5. The predicted molar refractivity (Wildman–Crippen MR) is 75.8 cm³/mol. The number of aromatic nitrogens is 1. The molecule has 4 N–H and O–H groups in total. The summed E-state index contributed by atoms with van der Waals surface area (Å²) in [4.78, 5) is 3.92. The highest BCUT2D eigenvalue weighted by Crippen LogP contribution is 2.32. The summed E-state index contributed by atoms with van der Waals surface area (Å²) in [5.41, 5.74) is 2.15. The van der Waals surface area contributed by atoms with Gasteiger partial charge in [0.25, 0.3) is 0 Å². The van der Waals surface area contributed by atoms with Crippen molar-refractivity contribution in [3.8, 4) is 0 Å². The molecule has 0 unspecified atom stereocenters. The number of benzene rings is 1. The number of nitrogens with zero attached hydrogens (tertiary/aromatic N) is 1. The molecule has 0 fully saturated rings. The van der Waals surface area contributed by atoms with Crippen LogP contribution in [0.1, 0.15) is 11.1 Å². The number of rotatable bonds is 4. The van der Waals surface area contributed by atoms with E-state index in [2.05, 4.69) is 15.7 Å². The maximum absolute atomic E-state index is 12.8. The van der Waals surface area contributed by atoms with Gasteiger partial charge in [-0.3, -0.25) is 0 Å². The van der Waals surface area contributed by atoms with Crippen LogP contribution in [0.15, 0.2) is 36.4 Å². The lowest BCUT2D eigenvalue weighted by atomic mass is 10.2. The molecule has 0 atom stereocenters. The fraction of sp³-hybridized carbons (Fsp3) is 0.154. The van der Waals surface area contributed by atoms with Crippen LogP contribution in [0.2, 0.25) is 5.02 Å². The van der Waals surface area contributed by atoms with Crippen LogP contribution >= 0.6 is 11.6 Å². The molecule has 0 amide bonds. The largest absolute Gasteiger partial charge is 0.416 e. The van der Waals surface area contributed by atoms with E-state index in [1.54, 1.807) is 24.3 Å². The molecule has 2 aromatic rings. The average Bonchev–Trinajstić information content (AvgIpc) is 2.45. The molecular weight excluding hydrogens is 305 g/mol. The summed E-state index contributed by atoms with van der Waals surface area (Å²) in [6.45, 7) is 0.315. The molecule has 0 bridgehead atoms. The van der Waals surface area contributed by atoms with E-state index in [1.807, 2.05) is 0 Å². The number of hydrazine groups is 1. The van der Waals surface area contributed by atoms with E-state index < -0.39 is 11.7 Å². The standard InChI is InChI=1S/C13H12ClF3N4/c14-10-3-1-8(2-4-10)7-19-11-5-9(13(15,16)17)6-12(20-11)21-18/h1-6H,7,18H2,(H2,19,20,21). The Hall–Kier alpha value is -1.99. The molecule has 0 radical (unpaired) electrons. The molecular formula is C13H12ClF3N4. The van der Waals surface area contributed by atoms with Gasteiger partial charge in [0.1, 0.15) is 11.6 Å². The molecule has 0 spiro atoms. The highest BCUT2D eigenvalue weighted by Gasteiger charge is 2.31. The average molecular weight is 317 g/mol. The van der Waals surface area contributed by atoms with E-state index in [0.29, 0.717) is 11.6 Å². The van der Waals surface area contributed by atoms with Crippen molar-refractivity contribution in [3.63, 3.8) is 0 Å². The van der Waals surface area contributed by atoms with Crippen molar-refractivity contribution in [2.75, 3.05) is 10.7 Å². The molecule has 0 saturated heterocycles. The van der Waals surface area contributed by atoms with Crippen LogP contribution in [0.5, 0.6) is 0 Å². The van der Waals surface area contributed by atoms with Crippen LogP contribution in [0, 0.1) is 0 Å². The summed E-state index contributed by atoms with van der Waals surface area (Å²) in [6.07, 6.45) is -4.47. The van der Waals surface area contributed by atoms with Gasteiger partial charge >= 0.3 is 6.18 Å². The second-order valence-corrected chi connectivity index (χ2v) is 4.68. The highest BCUT2D eigenvalue weighted by molar-refractivity contribution is 6.30. The Balaban J connectivity index is 2.17. The Morgan fingerprint density at radius 2 is 1.71 bits per heavy atom. The molecule has 0 saturated carbocycles. The van der Waals surface area contributed by atoms with E-state index in [-0.39, 0.29) is 11.6 Å². The van der Waals surface area contributed by atoms with Gasteiger partial charge in [0.2, 0.25) is 0 Å². The lowest BCUT2D eigenvalue weighted by Gasteiger charge is -2.12. The lowest BCUT2D eigenvalue weighted by Crippen LogP contribution is -2.13. The summed E-state index contributed by atoms with van der Waals surface area (Å²) >= 11 is 5.76. The van der Waals surface area contributed by atoms with E-state index in [1.165, 1.54) is 0 Å². The SMILES string of the molecule is NNc1cc(C(F)(F)F)cc(NCc2ccc(Cl)cc2)n1. The minimum atomic E-state index is -4.47. The number of nitrogens with one attached hydrogen (secondary N) is 2. The number of pyridine rings is 1. The van der Waals surface area contributed by atoms with Crippen molar-refractivity contribution < 1.29 is 13.2 Å². The number of hydrogen-bond donors (Lipinski definition) is 3. The number of nitrogens with two attached hydrogens (primary N) is 1. The summed E-state index contributed by atoms with van der Waals surface area (Å²) in [5, 5.41) is 3.41. The topological polar surface area (TPSA) is 63.0 Å². The lowest BCUT2D eigenvalue weighted by molar-refractivity contribution is -0.137. The second kappa shape index (κ2) is 6.19. The first kappa shape index (κ1) is 15.4. The first-order valence-electron chi connectivity index (χ1n) is 5.92. The Kier molecular flexibility index (Phi) is 4.54. The maximum atomic E-state index is 12.8. The number of halogens is 4. The van der Waals surface area contributed by atoms with Crippen LogP contribution in [0.3, 0.4) is 0 Å². The fourth-order valence-electron chi connectivity index (χ4n) is 1.65. The van der Waals surface area contributed by atoms with Gasteiger partial charge in [-0.2, -0.15) is 13.2 Å². The van der Waals surface area contributed by atoms with Crippen LogP contribution in [0.25, 0.3) is 0 Å². The van der Waals surface area contributed by atoms with E-state index in [9.17, 15) is 13.2 Å². The van der Waals surface area contributed by atoms with Crippen LogP contribution in [0.4, 0.5) is 24.8 Å². The van der Waals surface area contributed by atoms with Crippen molar-refractivity contribution in [1.82, 2.24) is 4.98 Å². The molecule has 0 aliphatic heterocycles. The summed E-state index contributed by atoms with van der Waals surface area (Å²) in [5.74, 6) is 5.14. The summed E-state index contributed by atoms with van der Waals surface area (Å²) in [6, 6.07) is 8.70. The third kappa shape index (κ3) is 4.24. The molecule has 8 heteroatoms. The molecule has 4 nitrogen and oxygen atoms in total. The number of hydrogen-bond acceptors (Lipinski definition) is 4. The molecule has 0 aliphatic rings. The minimum absolute atomic E-state index is 0.0663. The maximum Gasteiger partial charge on any atom is 0.416 e. The number of alkyl halides is 3. The summed E-state index contributed by atoms with van der Waals surface area (Å²) in [7, 11) is 0. The Morgan fingerprint density at radius 3 is 2.29 bits per heavy atom. The van der Waals surface area contributed by atoms with Crippen molar-refractivity contribution in [3.05, 3.63) is 52.5 Å². The van der Waals surface area contributed by atoms with Crippen molar-refractivity contribution >= 4 is 23.2 Å². The normalized spacial score (nSPS) is 11.3. The Labute approximate surface area is 124 Å². The van der Waals surface area contributed by atoms with E-state index in [0.717, 1.165) is 17.7 Å². The molecule has 21 heavy (non-hydrogen) atoms. The third-order valence-electron chi connectivity index (χ3n) is 2.69. The zero-order valence-electron chi connectivity index (χ0n) is 10.7. The van der Waals surface area contributed by atoms with Gasteiger partial charge in [0.15, 0.2) is 0 Å². The van der Waals surface area contributed by atoms with Gasteiger partial charge in [-0.25, -0.2) is 10.8 Å². The number of anilines is 2. The van der Waals surface area contributed by atoms with E-state index in [4.69, 9.17) is 17.4 Å². The fourth-order valence-corrected chi connectivity index (χ4v) is 1.78. The summed E-state index contributed by atoms with van der Waals surface area (Å²) < 4.78 is 38.3. The van der Waals surface area contributed by atoms with Crippen molar-refractivity contribution in [2.45, 2.75) is 12.7 Å². The number of nitrogen functional groups attached to an aromatic ring is 1. The predicted octanol–water partition coefficient (Wildman–Crippen LogP) is 3.65. The van der Waals surface area contributed by atoms with Crippen LogP contribution in [-0.4, -0.2) is 4.98 Å². The van der Waals surface area contributed by atoms with Gasteiger partial charge in [0, 0.05) is 11.6 Å². The first-order valence-corrected chi connectivity index (χ1v) is 6.30. The zero-order valence-corrected chi connectivity index (χ0v) is 11.5.